The molecular weight excluding hydrogens is 208 g/mol. The minimum absolute atomic E-state index is 0.115. The summed E-state index contributed by atoms with van der Waals surface area (Å²) in [5.41, 5.74) is 0.206. The van der Waals surface area contributed by atoms with E-state index in [4.69, 9.17) is 9.84 Å². The molecule has 1 rings (SSSR count). The maximum Gasteiger partial charge on any atom is 0.250 e. The third-order valence-corrected chi connectivity index (χ3v) is 2.28. The SMILES string of the molecule is COc1cc(CO)nc(S(C)(=O)=O)n1. The molecule has 0 bridgehead atoms. The van der Waals surface area contributed by atoms with Crippen LogP contribution >= 0.6 is 0 Å². The molecule has 7 heteroatoms. The molecule has 6 nitrogen and oxygen atoms in total. The van der Waals surface area contributed by atoms with E-state index in [2.05, 4.69) is 9.97 Å². The molecule has 0 aliphatic heterocycles. The molecule has 1 aromatic heterocycles. The van der Waals surface area contributed by atoms with Gasteiger partial charge >= 0.3 is 0 Å². The van der Waals surface area contributed by atoms with Gasteiger partial charge in [0.2, 0.25) is 20.9 Å². The van der Waals surface area contributed by atoms with Crippen LogP contribution in [0, 0.1) is 0 Å². The number of hydrogen-bond donors (Lipinski definition) is 1. The summed E-state index contributed by atoms with van der Waals surface area (Å²) in [6.45, 7) is -0.360. The third kappa shape index (κ3) is 2.39. The van der Waals surface area contributed by atoms with Gasteiger partial charge in [-0.3, -0.25) is 0 Å². The smallest absolute Gasteiger partial charge is 0.250 e. The van der Waals surface area contributed by atoms with Gasteiger partial charge in [0.05, 0.1) is 19.4 Å². The zero-order chi connectivity index (χ0) is 10.8. The summed E-state index contributed by atoms with van der Waals surface area (Å²) in [6, 6.07) is 1.37. The summed E-state index contributed by atoms with van der Waals surface area (Å²) in [4.78, 5) is 7.28. The normalized spacial score (nSPS) is 11.4. The molecule has 78 valence electrons. The summed E-state index contributed by atoms with van der Waals surface area (Å²) in [7, 11) is -2.12. The monoisotopic (exact) mass is 218 g/mol. The Balaban J connectivity index is 3.32. The average Bonchev–Trinajstić information content (AvgIpc) is 2.15. The number of aliphatic hydroxyl groups excluding tert-OH is 1. The lowest BCUT2D eigenvalue weighted by atomic mass is 10.4. The van der Waals surface area contributed by atoms with Crippen molar-refractivity contribution in [3.8, 4) is 5.88 Å². The highest BCUT2D eigenvalue weighted by Gasteiger charge is 2.13. The van der Waals surface area contributed by atoms with Crippen LogP contribution in [0.4, 0.5) is 0 Å². The first kappa shape index (κ1) is 10.9. The van der Waals surface area contributed by atoms with Gasteiger partial charge in [-0.25, -0.2) is 13.4 Å². The van der Waals surface area contributed by atoms with Crippen LogP contribution < -0.4 is 4.74 Å². The molecule has 1 aromatic rings. The molecule has 0 radical (unpaired) electrons. The van der Waals surface area contributed by atoms with Crippen LogP contribution in [0.5, 0.6) is 5.88 Å². The zero-order valence-corrected chi connectivity index (χ0v) is 8.58. The van der Waals surface area contributed by atoms with E-state index in [0.29, 0.717) is 0 Å². The second-order valence-corrected chi connectivity index (χ2v) is 4.52. The van der Waals surface area contributed by atoms with E-state index in [0.717, 1.165) is 6.26 Å². The Bertz CT molecular complexity index is 407. The largest absolute Gasteiger partial charge is 0.481 e. The highest BCUT2D eigenvalue weighted by atomic mass is 32.2. The van der Waals surface area contributed by atoms with Crippen LogP contribution in [0.1, 0.15) is 5.69 Å². The van der Waals surface area contributed by atoms with E-state index in [9.17, 15) is 8.42 Å². The number of aromatic nitrogens is 2. The lowest BCUT2D eigenvalue weighted by Gasteiger charge is -2.03. The molecule has 0 saturated carbocycles. The molecule has 0 amide bonds. The Morgan fingerprint density at radius 3 is 2.57 bits per heavy atom. The number of aliphatic hydroxyl groups is 1. The Labute approximate surface area is 81.5 Å². The van der Waals surface area contributed by atoms with Crippen molar-refractivity contribution in [2.24, 2.45) is 0 Å². The van der Waals surface area contributed by atoms with Gasteiger partial charge in [-0.2, -0.15) is 4.98 Å². The summed E-state index contributed by atoms with van der Waals surface area (Å²) >= 11 is 0. The molecule has 1 heterocycles. The van der Waals surface area contributed by atoms with Gasteiger partial charge in [0, 0.05) is 12.3 Å². The highest BCUT2D eigenvalue weighted by molar-refractivity contribution is 7.90. The van der Waals surface area contributed by atoms with Crippen molar-refractivity contribution in [2.75, 3.05) is 13.4 Å². The molecule has 1 N–H and O–H groups in total. The van der Waals surface area contributed by atoms with Crippen molar-refractivity contribution >= 4 is 9.84 Å². The van der Waals surface area contributed by atoms with E-state index in [1.54, 1.807) is 0 Å². The van der Waals surface area contributed by atoms with Crippen LogP contribution in [-0.2, 0) is 16.4 Å². The van der Waals surface area contributed by atoms with Crippen LogP contribution in [0.2, 0.25) is 0 Å². The predicted octanol–water partition coefficient (Wildman–Crippen LogP) is -0.619. The second kappa shape index (κ2) is 3.89. The molecular formula is C7H10N2O4S. The van der Waals surface area contributed by atoms with Gasteiger partial charge in [-0.05, 0) is 0 Å². The summed E-state index contributed by atoms with van der Waals surface area (Å²) in [5, 5.41) is 8.46. The van der Waals surface area contributed by atoms with Gasteiger partial charge in [0.25, 0.3) is 0 Å². The first-order chi connectivity index (χ1) is 6.47. The van der Waals surface area contributed by atoms with E-state index in [-0.39, 0.29) is 23.3 Å². The molecule has 0 aliphatic carbocycles. The number of rotatable bonds is 3. The van der Waals surface area contributed by atoms with Crippen LogP contribution in [0.25, 0.3) is 0 Å². The minimum Gasteiger partial charge on any atom is -0.481 e. The van der Waals surface area contributed by atoms with Crippen molar-refractivity contribution in [3.05, 3.63) is 11.8 Å². The average molecular weight is 218 g/mol. The lowest BCUT2D eigenvalue weighted by molar-refractivity contribution is 0.273. The molecule has 0 atom stereocenters. The molecule has 0 saturated heterocycles. The fourth-order valence-corrected chi connectivity index (χ4v) is 1.34. The Morgan fingerprint density at radius 1 is 1.50 bits per heavy atom. The van der Waals surface area contributed by atoms with Crippen molar-refractivity contribution in [3.63, 3.8) is 0 Å². The van der Waals surface area contributed by atoms with Crippen LogP contribution in [0.15, 0.2) is 11.2 Å². The van der Waals surface area contributed by atoms with Gasteiger partial charge in [0.1, 0.15) is 0 Å². The maximum atomic E-state index is 11.1. The van der Waals surface area contributed by atoms with E-state index in [1.807, 2.05) is 0 Å². The maximum absolute atomic E-state index is 11.1. The minimum atomic E-state index is -3.48. The first-order valence-corrected chi connectivity index (χ1v) is 5.59. The number of sulfone groups is 1. The highest BCUT2D eigenvalue weighted by Crippen LogP contribution is 2.12. The Morgan fingerprint density at radius 2 is 2.14 bits per heavy atom. The van der Waals surface area contributed by atoms with Crippen LogP contribution in [0.3, 0.4) is 0 Å². The number of hydrogen-bond acceptors (Lipinski definition) is 6. The zero-order valence-electron chi connectivity index (χ0n) is 7.76. The van der Waals surface area contributed by atoms with E-state index < -0.39 is 9.84 Å². The topological polar surface area (TPSA) is 89.4 Å². The van der Waals surface area contributed by atoms with Crippen molar-refractivity contribution in [1.82, 2.24) is 9.97 Å². The quantitative estimate of drug-likeness (QED) is 0.680. The molecule has 0 fully saturated rings. The number of methoxy groups -OCH3 is 1. The van der Waals surface area contributed by atoms with Gasteiger partial charge in [-0.15, -0.1) is 0 Å². The summed E-state index contributed by atoms with van der Waals surface area (Å²) in [6.07, 6.45) is 0.989. The van der Waals surface area contributed by atoms with Gasteiger partial charge in [-0.1, -0.05) is 0 Å². The number of ether oxygens (including phenoxy) is 1. The Hall–Kier alpha value is -1.21. The predicted molar refractivity (Wildman–Crippen MR) is 47.6 cm³/mol. The van der Waals surface area contributed by atoms with Gasteiger partial charge < -0.3 is 9.84 Å². The van der Waals surface area contributed by atoms with Crippen LogP contribution in [-0.4, -0.2) is 36.9 Å². The first-order valence-electron chi connectivity index (χ1n) is 3.70. The van der Waals surface area contributed by atoms with Crippen molar-refractivity contribution < 1.29 is 18.3 Å². The lowest BCUT2D eigenvalue weighted by Crippen LogP contribution is -2.07. The summed E-state index contributed by atoms with van der Waals surface area (Å²) in [5.74, 6) is 0.115. The molecule has 0 spiro atoms. The molecule has 0 aromatic carbocycles. The fourth-order valence-electron chi connectivity index (χ4n) is 0.801. The standard InChI is InChI=1S/C7H10N2O4S/c1-13-6-3-5(4-10)8-7(9-6)14(2,11)12/h3,10H,4H2,1-2H3. The molecule has 14 heavy (non-hydrogen) atoms. The second-order valence-electron chi connectivity index (χ2n) is 2.61. The van der Waals surface area contributed by atoms with E-state index >= 15 is 0 Å². The third-order valence-electron chi connectivity index (χ3n) is 1.44. The van der Waals surface area contributed by atoms with Crippen molar-refractivity contribution in [2.45, 2.75) is 11.8 Å². The van der Waals surface area contributed by atoms with E-state index in [1.165, 1.54) is 13.2 Å². The fraction of sp³-hybridized carbons (Fsp3) is 0.429. The molecule has 0 aliphatic rings. The van der Waals surface area contributed by atoms with Crippen molar-refractivity contribution in [1.29, 1.82) is 0 Å². The summed E-state index contributed by atoms with van der Waals surface area (Å²) < 4.78 is 27.0. The Kier molecular flexibility index (Phi) is 3.02. The number of nitrogens with zero attached hydrogens (tertiary/aromatic N) is 2. The van der Waals surface area contributed by atoms with Gasteiger partial charge in [0.15, 0.2) is 0 Å². The molecule has 0 unspecified atom stereocenters.